The Morgan fingerprint density at radius 2 is 1.38 bits per heavy atom. The zero-order valence-electron chi connectivity index (χ0n) is 13.3. The number of hydrogen-bond donors (Lipinski definition) is 0. The first kappa shape index (κ1) is 18.2. The van der Waals surface area contributed by atoms with Crippen LogP contribution in [0, 0.1) is 0 Å². The van der Waals surface area contributed by atoms with Gasteiger partial charge in [0.05, 0.1) is 13.2 Å². The van der Waals surface area contributed by atoms with Crippen molar-refractivity contribution >= 4 is 11.6 Å². The summed E-state index contributed by atoms with van der Waals surface area (Å²) in [4.78, 5) is 26.5. The van der Waals surface area contributed by atoms with E-state index < -0.39 is 0 Å². The fraction of sp³-hybridized carbons (Fsp3) is 0.867. The molecule has 1 aliphatic rings. The molecule has 6 nitrogen and oxygen atoms in total. The Hall–Kier alpha value is -0.820. The molecule has 0 amide bonds. The molecule has 1 heterocycles. The molecule has 122 valence electrons. The van der Waals surface area contributed by atoms with Crippen molar-refractivity contribution in [2.45, 2.75) is 20.3 Å². The lowest BCUT2D eigenvalue weighted by Gasteiger charge is -2.34. The summed E-state index contributed by atoms with van der Waals surface area (Å²) in [5.74, 6) is 0.228. The topological polar surface area (TPSA) is 59.1 Å². The van der Waals surface area contributed by atoms with E-state index in [9.17, 15) is 9.59 Å². The zero-order valence-corrected chi connectivity index (χ0v) is 13.3. The molecule has 0 saturated carbocycles. The SMILES string of the molecule is CCC(=O)COCCN1CCN(CCOCC(C)=O)CC1. The van der Waals surface area contributed by atoms with E-state index >= 15 is 0 Å². The Morgan fingerprint density at radius 1 is 0.905 bits per heavy atom. The second-order valence-electron chi connectivity index (χ2n) is 5.38. The Balaban J connectivity index is 1.99. The second kappa shape index (κ2) is 10.8. The fourth-order valence-electron chi connectivity index (χ4n) is 2.13. The molecule has 0 N–H and O–H groups in total. The van der Waals surface area contributed by atoms with Gasteiger partial charge in [-0.3, -0.25) is 19.4 Å². The molecule has 0 atom stereocenters. The summed E-state index contributed by atoms with van der Waals surface area (Å²) < 4.78 is 10.6. The van der Waals surface area contributed by atoms with Crippen LogP contribution in [-0.2, 0) is 19.1 Å². The van der Waals surface area contributed by atoms with Crippen LogP contribution in [0.3, 0.4) is 0 Å². The number of nitrogens with zero attached hydrogens (tertiary/aromatic N) is 2. The molecule has 21 heavy (non-hydrogen) atoms. The number of ketones is 2. The van der Waals surface area contributed by atoms with Crippen molar-refractivity contribution in [2.75, 3.05) is 65.7 Å². The molecule has 0 aromatic rings. The van der Waals surface area contributed by atoms with Crippen LogP contribution < -0.4 is 0 Å². The van der Waals surface area contributed by atoms with Gasteiger partial charge < -0.3 is 9.47 Å². The van der Waals surface area contributed by atoms with Crippen LogP contribution in [0.15, 0.2) is 0 Å². The summed E-state index contributed by atoms with van der Waals surface area (Å²) in [5.41, 5.74) is 0. The lowest BCUT2D eigenvalue weighted by Crippen LogP contribution is -2.48. The van der Waals surface area contributed by atoms with E-state index in [0.29, 0.717) is 19.6 Å². The summed E-state index contributed by atoms with van der Waals surface area (Å²) >= 11 is 0. The van der Waals surface area contributed by atoms with E-state index in [2.05, 4.69) is 9.80 Å². The van der Waals surface area contributed by atoms with E-state index in [0.717, 1.165) is 39.3 Å². The summed E-state index contributed by atoms with van der Waals surface area (Å²) in [6.45, 7) is 10.9. The number of carbonyl (C=O) groups is 2. The molecule has 1 aliphatic heterocycles. The molecule has 1 rings (SSSR count). The van der Waals surface area contributed by atoms with Gasteiger partial charge >= 0.3 is 0 Å². The third kappa shape index (κ3) is 8.93. The Morgan fingerprint density at radius 3 is 1.81 bits per heavy atom. The molecule has 0 aliphatic carbocycles. The van der Waals surface area contributed by atoms with E-state index in [-0.39, 0.29) is 24.8 Å². The number of carbonyl (C=O) groups excluding carboxylic acids is 2. The largest absolute Gasteiger partial charge is 0.372 e. The van der Waals surface area contributed by atoms with Crippen molar-refractivity contribution in [3.8, 4) is 0 Å². The molecular formula is C15H28N2O4. The quantitative estimate of drug-likeness (QED) is 0.508. The summed E-state index contributed by atoms with van der Waals surface area (Å²) in [6, 6.07) is 0. The third-order valence-corrected chi connectivity index (χ3v) is 3.53. The molecular weight excluding hydrogens is 272 g/mol. The van der Waals surface area contributed by atoms with Gasteiger partial charge in [0.15, 0.2) is 11.6 Å². The highest BCUT2D eigenvalue weighted by Gasteiger charge is 2.16. The number of Topliss-reactive ketones (excluding diaryl/α,β-unsaturated/α-hetero) is 2. The lowest BCUT2D eigenvalue weighted by molar-refractivity contribution is -0.123. The van der Waals surface area contributed by atoms with Gasteiger partial charge in [-0.05, 0) is 6.92 Å². The predicted molar refractivity (Wildman–Crippen MR) is 80.5 cm³/mol. The van der Waals surface area contributed by atoms with Crippen molar-refractivity contribution < 1.29 is 19.1 Å². The zero-order chi connectivity index (χ0) is 15.5. The Labute approximate surface area is 127 Å². The number of ether oxygens (including phenoxy) is 2. The van der Waals surface area contributed by atoms with Crippen LogP contribution in [0.1, 0.15) is 20.3 Å². The maximum absolute atomic E-state index is 11.1. The normalized spacial score (nSPS) is 17.0. The minimum Gasteiger partial charge on any atom is -0.372 e. The lowest BCUT2D eigenvalue weighted by atomic mass is 10.3. The fourth-order valence-corrected chi connectivity index (χ4v) is 2.13. The van der Waals surface area contributed by atoms with Gasteiger partial charge in [-0.1, -0.05) is 6.92 Å². The minimum atomic E-state index is 0.0707. The van der Waals surface area contributed by atoms with Crippen molar-refractivity contribution in [2.24, 2.45) is 0 Å². The van der Waals surface area contributed by atoms with Crippen molar-refractivity contribution in [3.05, 3.63) is 0 Å². The Bertz CT molecular complexity index is 315. The van der Waals surface area contributed by atoms with Gasteiger partial charge in [0, 0.05) is 45.7 Å². The van der Waals surface area contributed by atoms with Crippen molar-refractivity contribution in [1.29, 1.82) is 0 Å². The first-order chi connectivity index (χ1) is 10.1. The summed E-state index contributed by atoms with van der Waals surface area (Å²) in [5, 5.41) is 0. The molecule has 0 unspecified atom stereocenters. The average Bonchev–Trinajstić information content (AvgIpc) is 2.49. The Kier molecular flexibility index (Phi) is 9.41. The molecule has 6 heteroatoms. The first-order valence-electron chi connectivity index (χ1n) is 7.73. The highest BCUT2D eigenvalue weighted by atomic mass is 16.5. The van der Waals surface area contributed by atoms with E-state index in [1.807, 2.05) is 6.92 Å². The highest BCUT2D eigenvalue weighted by molar-refractivity contribution is 5.79. The van der Waals surface area contributed by atoms with Crippen LogP contribution in [-0.4, -0.2) is 87.1 Å². The first-order valence-corrected chi connectivity index (χ1v) is 7.73. The van der Waals surface area contributed by atoms with Gasteiger partial charge in [-0.15, -0.1) is 0 Å². The molecule has 0 bridgehead atoms. The van der Waals surface area contributed by atoms with E-state index in [4.69, 9.17) is 9.47 Å². The molecule has 1 saturated heterocycles. The number of hydrogen-bond acceptors (Lipinski definition) is 6. The smallest absolute Gasteiger partial charge is 0.158 e. The number of piperazine rings is 1. The van der Waals surface area contributed by atoms with E-state index in [1.165, 1.54) is 6.92 Å². The van der Waals surface area contributed by atoms with Crippen LogP contribution in [0.5, 0.6) is 0 Å². The van der Waals surface area contributed by atoms with Crippen LogP contribution in [0.2, 0.25) is 0 Å². The molecule has 0 aromatic heterocycles. The standard InChI is InChI=1S/C15H28N2O4/c1-3-15(19)13-21-11-9-17-6-4-16(5-7-17)8-10-20-12-14(2)18/h3-13H2,1-2H3. The minimum absolute atomic E-state index is 0.0707. The maximum Gasteiger partial charge on any atom is 0.158 e. The molecule has 0 aromatic carbocycles. The number of rotatable bonds is 11. The van der Waals surface area contributed by atoms with Gasteiger partial charge in [-0.2, -0.15) is 0 Å². The van der Waals surface area contributed by atoms with E-state index in [1.54, 1.807) is 0 Å². The summed E-state index contributed by atoms with van der Waals surface area (Å²) in [6.07, 6.45) is 0.546. The third-order valence-electron chi connectivity index (χ3n) is 3.53. The predicted octanol–water partition coefficient (Wildman–Crippen LogP) is 0.205. The monoisotopic (exact) mass is 300 g/mol. The second-order valence-corrected chi connectivity index (χ2v) is 5.38. The van der Waals surface area contributed by atoms with Crippen molar-refractivity contribution in [1.82, 2.24) is 9.80 Å². The molecule has 0 spiro atoms. The molecule has 1 fully saturated rings. The molecule has 0 radical (unpaired) electrons. The van der Waals surface area contributed by atoms with Gasteiger partial charge in [0.2, 0.25) is 0 Å². The van der Waals surface area contributed by atoms with Gasteiger partial charge in [0.1, 0.15) is 13.2 Å². The maximum atomic E-state index is 11.1. The van der Waals surface area contributed by atoms with Crippen LogP contribution >= 0.6 is 0 Å². The highest BCUT2D eigenvalue weighted by Crippen LogP contribution is 2.01. The average molecular weight is 300 g/mol. The van der Waals surface area contributed by atoms with Gasteiger partial charge in [0.25, 0.3) is 0 Å². The summed E-state index contributed by atoms with van der Waals surface area (Å²) in [7, 11) is 0. The van der Waals surface area contributed by atoms with Crippen molar-refractivity contribution in [3.63, 3.8) is 0 Å². The van der Waals surface area contributed by atoms with Gasteiger partial charge in [-0.25, -0.2) is 0 Å². The van der Waals surface area contributed by atoms with Crippen LogP contribution in [0.4, 0.5) is 0 Å². The van der Waals surface area contributed by atoms with Crippen LogP contribution in [0.25, 0.3) is 0 Å².